The lowest BCUT2D eigenvalue weighted by molar-refractivity contribution is 0.0689. The van der Waals surface area contributed by atoms with Gasteiger partial charge in [-0.05, 0) is 44.0 Å². The summed E-state index contributed by atoms with van der Waals surface area (Å²) in [6.07, 6.45) is 2.67. The maximum Gasteiger partial charge on any atom is 0.337 e. The molecule has 0 atom stereocenters. The van der Waals surface area contributed by atoms with E-state index >= 15 is 0 Å². The summed E-state index contributed by atoms with van der Waals surface area (Å²) in [7, 11) is 0. The van der Waals surface area contributed by atoms with Crippen LogP contribution in [0.5, 0.6) is 0 Å². The van der Waals surface area contributed by atoms with Gasteiger partial charge in [-0.2, -0.15) is 0 Å². The Balaban J connectivity index is 2.37. The van der Waals surface area contributed by atoms with Crippen molar-refractivity contribution in [3.63, 3.8) is 0 Å². The maximum atomic E-state index is 12.9. The lowest BCUT2D eigenvalue weighted by Gasteiger charge is -2.27. The molecule has 0 radical (unpaired) electrons. The van der Waals surface area contributed by atoms with Gasteiger partial charge in [-0.15, -0.1) is 0 Å². The minimum atomic E-state index is -1.10. The van der Waals surface area contributed by atoms with Crippen LogP contribution in [-0.4, -0.2) is 32.9 Å². The molecule has 0 spiro atoms. The first-order valence-corrected chi connectivity index (χ1v) is 7.92. The van der Waals surface area contributed by atoms with Gasteiger partial charge in [0.1, 0.15) is 0 Å². The minimum absolute atomic E-state index is 0.0345. The molecule has 1 amide bonds. The number of nitrogens with zero attached hydrogens (tertiary/aromatic N) is 2. The predicted molar refractivity (Wildman–Crippen MR) is 92.4 cm³/mol. The number of carboxylic acid groups (broad SMARTS) is 1. The van der Waals surface area contributed by atoms with Gasteiger partial charge in [0.25, 0.3) is 5.91 Å². The quantitative estimate of drug-likeness (QED) is 0.894. The van der Waals surface area contributed by atoms with Crippen LogP contribution in [0.2, 0.25) is 5.02 Å². The van der Waals surface area contributed by atoms with Crippen LogP contribution in [-0.2, 0) is 6.54 Å². The zero-order valence-electron chi connectivity index (χ0n) is 13.8. The van der Waals surface area contributed by atoms with Crippen LogP contribution in [0, 0.1) is 6.92 Å². The average molecular weight is 347 g/mol. The number of pyridine rings is 1. The highest BCUT2D eigenvalue weighted by atomic mass is 35.5. The molecule has 1 aromatic carbocycles. The number of hydrogen-bond acceptors (Lipinski definition) is 3. The summed E-state index contributed by atoms with van der Waals surface area (Å²) in [5.74, 6) is -1.35. The predicted octanol–water partition coefficient (Wildman–Crippen LogP) is 3.79. The van der Waals surface area contributed by atoms with Crippen LogP contribution < -0.4 is 0 Å². The number of halogens is 1. The van der Waals surface area contributed by atoms with Crippen molar-refractivity contribution in [2.75, 3.05) is 0 Å². The number of hydrogen-bond donors (Lipinski definition) is 1. The van der Waals surface area contributed by atoms with E-state index in [1.807, 2.05) is 32.0 Å². The molecule has 0 saturated heterocycles. The smallest absolute Gasteiger partial charge is 0.337 e. The fourth-order valence-electron chi connectivity index (χ4n) is 2.43. The Morgan fingerprint density at radius 1 is 1.25 bits per heavy atom. The first kappa shape index (κ1) is 17.9. The summed E-state index contributed by atoms with van der Waals surface area (Å²) >= 11 is 6.01. The van der Waals surface area contributed by atoms with Gasteiger partial charge >= 0.3 is 5.97 Å². The molecule has 1 N–H and O–H groups in total. The fourth-order valence-corrected chi connectivity index (χ4v) is 2.64. The van der Waals surface area contributed by atoms with Crippen molar-refractivity contribution in [1.82, 2.24) is 9.88 Å². The zero-order valence-corrected chi connectivity index (χ0v) is 14.5. The van der Waals surface area contributed by atoms with Gasteiger partial charge in [-0.25, -0.2) is 4.79 Å². The standard InChI is InChI=1S/C18H19ClN2O3/c1-11(2)21(10-13-5-4-6-14(19)7-13)17(22)15-8-20-9-16(12(15)3)18(23)24/h4-9,11H,10H2,1-3H3,(H,23,24). The summed E-state index contributed by atoms with van der Waals surface area (Å²) < 4.78 is 0. The van der Waals surface area contributed by atoms with Crippen LogP contribution in [0.15, 0.2) is 36.7 Å². The van der Waals surface area contributed by atoms with E-state index in [2.05, 4.69) is 4.98 Å². The SMILES string of the molecule is Cc1c(C(=O)O)cncc1C(=O)N(Cc1cccc(Cl)c1)C(C)C. The Kier molecular flexibility index (Phi) is 5.57. The number of rotatable bonds is 5. The molecular weight excluding hydrogens is 328 g/mol. The second-order valence-corrected chi connectivity index (χ2v) is 6.26. The third kappa shape index (κ3) is 3.92. The number of benzene rings is 1. The normalized spacial score (nSPS) is 10.7. The summed E-state index contributed by atoms with van der Waals surface area (Å²) in [6.45, 7) is 5.82. The second-order valence-electron chi connectivity index (χ2n) is 5.82. The minimum Gasteiger partial charge on any atom is -0.478 e. The van der Waals surface area contributed by atoms with E-state index in [0.29, 0.717) is 22.7 Å². The number of aromatic carboxylic acids is 1. The Morgan fingerprint density at radius 2 is 1.92 bits per heavy atom. The topological polar surface area (TPSA) is 70.5 Å². The third-order valence-corrected chi connectivity index (χ3v) is 4.04. The first-order chi connectivity index (χ1) is 11.3. The number of carbonyl (C=O) groups is 2. The van der Waals surface area contributed by atoms with E-state index in [-0.39, 0.29) is 17.5 Å². The molecule has 0 unspecified atom stereocenters. The zero-order chi connectivity index (χ0) is 17.9. The number of aromatic nitrogens is 1. The molecule has 0 fully saturated rings. The molecular formula is C18H19ClN2O3. The Bertz CT molecular complexity index is 775. The van der Waals surface area contributed by atoms with E-state index in [4.69, 9.17) is 11.6 Å². The molecule has 1 heterocycles. The Hall–Kier alpha value is -2.40. The largest absolute Gasteiger partial charge is 0.478 e. The van der Waals surface area contributed by atoms with Gasteiger partial charge in [-0.3, -0.25) is 9.78 Å². The van der Waals surface area contributed by atoms with Gasteiger partial charge in [0.05, 0.1) is 11.1 Å². The average Bonchev–Trinajstić information content (AvgIpc) is 2.51. The Labute approximate surface area is 145 Å². The van der Waals surface area contributed by atoms with Crippen LogP contribution in [0.25, 0.3) is 0 Å². The molecule has 6 heteroatoms. The van der Waals surface area contributed by atoms with E-state index in [9.17, 15) is 14.7 Å². The molecule has 1 aromatic heterocycles. The molecule has 0 saturated carbocycles. The molecule has 0 aliphatic carbocycles. The van der Waals surface area contributed by atoms with Crippen LogP contribution in [0.3, 0.4) is 0 Å². The molecule has 0 bridgehead atoms. The van der Waals surface area contributed by atoms with Gasteiger partial charge in [0.2, 0.25) is 0 Å². The Morgan fingerprint density at radius 3 is 2.50 bits per heavy atom. The summed E-state index contributed by atoms with van der Waals surface area (Å²) in [5.41, 5.74) is 1.65. The summed E-state index contributed by atoms with van der Waals surface area (Å²) in [6, 6.07) is 7.25. The van der Waals surface area contributed by atoms with Crippen molar-refractivity contribution in [1.29, 1.82) is 0 Å². The molecule has 0 aliphatic heterocycles. The highest BCUT2D eigenvalue weighted by Crippen LogP contribution is 2.19. The lowest BCUT2D eigenvalue weighted by atomic mass is 10.0. The van der Waals surface area contributed by atoms with Gasteiger partial charge < -0.3 is 10.0 Å². The lowest BCUT2D eigenvalue weighted by Crippen LogP contribution is -2.37. The number of carboxylic acids is 1. The summed E-state index contributed by atoms with van der Waals surface area (Å²) in [4.78, 5) is 29.7. The van der Waals surface area contributed by atoms with Gasteiger partial charge in [0.15, 0.2) is 0 Å². The monoisotopic (exact) mass is 346 g/mol. The van der Waals surface area contributed by atoms with Crippen LogP contribution in [0.1, 0.15) is 45.7 Å². The molecule has 2 rings (SSSR count). The van der Waals surface area contributed by atoms with Crippen molar-refractivity contribution in [2.45, 2.75) is 33.4 Å². The highest BCUT2D eigenvalue weighted by molar-refractivity contribution is 6.30. The van der Waals surface area contributed by atoms with Crippen molar-refractivity contribution >= 4 is 23.5 Å². The molecule has 126 valence electrons. The van der Waals surface area contributed by atoms with E-state index < -0.39 is 5.97 Å². The molecule has 0 aliphatic rings. The van der Waals surface area contributed by atoms with Crippen molar-refractivity contribution < 1.29 is 14.7 Å². The van der Waals surface area contributed by atoms with Crippen LogP contribution >= 0.6 is 11.6 Å². The fraction of sp³-hybridized carbons (Fsp3) is 0.278. The van der Waals surface area contributed by atoms with Crippen LogP contribution in [0.4, 0.5) is 0 Å². The van der Waals surface area contributed by atoms with E-state index in [1.165, 1.54) is 12.4 Å². The number of carbonyl (C=O) groups excluding carboxylic acids is 1. The van der Waals surface area contributed by atoms with Crippen molar-refractivity contribution in [2.24, 2.45) is 0 Å². The van der Waals surface area contributed by atoms with Gasteiger partial charge in [-0.1, -0.05) is 23.7 Å². The van der Waals surface area contributed by atoms with Gasteiger partial charge in [0, 0.05) is 30.0 Å². The number of amides is 1. The molecule has 5 nitrogen and oxygen atoms in total. The highest BCUT2D eigenvalue weighted by Gasteiger charge is 2.23. The first-order valence-electron chi connectivity index (χ1n) is 7.54. The van der Waals surface area contributed by atoms with E-state index in [0.717, 1.165) is 5.56 Å². The van der Waals surface area contributed by atoms with Crippen molar-refractivity contribution in [3.05, 3.63) is 63.9 Å². The second kappa shape index (κ2) is 7.45. The van der Waals surface area contributed by atoms with Crippen molar-refractivity contribution in [3.8, 4) is 0 Å². The molecule has 2 aromatic rings. The third-order valence-electron chi connectivity index (χ3n) is 3.80. The maximum absolute atomic E-state index is 12.9. The molecule has 24 heavy (non-hydrogen) atoms. The van der Waals surface area contributed by atoms with E-state index in [1.54, 1.807) is 17.9 Å². The summed E-state index contributed by atoms with van der Waals surface area (Å²) in [5, 5.41) is 9.81.